The molecule has 9 rings (SSSR count). The lowest BCUT2D eigenvalue weighted by molar-refractivity contribution is 0.598. The largest absolute Gasteiger partial charge is 0.455 e. The molecule has 1 unspecified atom stereocenters. The molecule has 0 fully saturated rings. The Morgan fingerprint density at radius 1 is 0.750 bits per heavy atom. The summed E-state index contributed by atoms with van der Waals surface area (Å²) in [4.78, 5) is 14.8. The Morgan fingerprint density at radius 3 is 2.15 bits per heavy atom. The van der Waals surface area contributed by atoms with Crippen molar-refractivity contribution in [3.8, 4) is 11.1 Å². The second-order valence-corrected chi connectivity index (χ2v) is 12.0. The lowest BCUT2D eigenvalue weighted by atomic mass is 9.90. The molecule has 1 aromatic heterocycles. The van der Waals surface area contributed by atoms with Gasteiger partial charge in [-0.2, -0.15) is 0 Å². The predicted molar refractivity (Wildman–Crippen MR) is 200 cm³/mol. The van der Waals surface area contributed by atoms with Crippen LogP contribution in [0.1, 0.15) is 40.0 Å². The van der Waals surface area contributed by atoms with Crippen LogP contribution in [0.15, 0.2) is 177 Å². The molecule has 0 N–H and O–H groups in total. The molecule has 4 nitrogen and oxygen atoms in total. The van der Waals surface area contributed by atoms with E-state index < -0.39 is 0 Å². The molecule has 0 spiro atoms. The summed E-state index contributed by atoms with van der Waals surface area (Å²) >= 11 is 0. The van der Waals surface area contributed by atoms with Crippen molar-refractivity contribution in [1.29, 1.82) is 0 Å². The van der Waals surface area contributed by atoms with Crippen LogP contribution in [0.25, 0.3) is 33.4 Å². The monoisotopic (exact) mass is 619 g/mol. The quantitative estimate of drug-likeness (QED) is 0.156. The van der Waals surface area contributed by atoms with Gasteiger partial charge < -0.3 is 4.42 Å². The number of para-hydroxylation sites is 1. The van der Waals surface area contributed by atoms with E-state index in [1.807, 2.05) is 42.5 Å². The maximum Gasteiger partial charge on any atom is 0.144 e. The van der Waals surface area contributed by atoms with E-state index in [0.29, 0.717) is 6.54 Å². The van der Waals surface area contributed by atoms with Crippen LogP contribution in [0, 0.1) is 0 Å². The molecular weight excluding hydrogens is 587 g/mol. The third kappa shape index (κ3) is 5.80. The van der Waals surface area contributed by atoms with Gasteiger partial charge in [0, 0.05) is 22.1 Å². The molecule has 0 radical (unpaired) electrons. The van der Waals surface area contributed by atoms with Crippen LogP contribution in [0.2, 0.25) is 0 Å². The highest BCUT2D eigenvalue weighted by Gasteiger charge is 2.26. The van der Waals surface area contributed by atoms with Crippen molar-refractivity contribution in [3.05, 3.63) is 191 Å². The summed E-state index contributed by atoms with van der Waals surface area (Å²) in [6, 6.07) is 46.0. The Kier molecular flexibility index (Phi) is 7.89. The zero-order valence-corrected chi connectivity index (χ0v) is 26.5. The van der Waals surface area contributed by atoms with Gasteiger partial charge in [0.2, 0.25) is 0 Å². The number of hydrogen-bond donors (Lipinski definition) is 0. The van der Waals surface area contributed by atoms with E-state index in [1.165, 1.54) is 5.56 Å². The van der Waals surface area contributed by atoms with Gasteiger partial charge in [-0.3, -0.25) is 15.0 Å². The van der Waals surface area contributed by atoms with Crippen molar-refractivity contribution in [1.82, 2.24) is 0 Å². The van der Waals surface area contributed by atoms with Crippen LogP contribution < -0.4 is 0 Å². The van der Waals surface area contributed by atoms with Crippen molar-refractivity contribution in [2.45, 2.75) is 19.0 Å². The molecule has 2 bridgehead atoms. The van der Waals surface area contributed by atoms with E-state index in [9.17, 15) is 0 Å². The molecule has 0 saturated carbocycles. The minimum Gasteiger partial charge on any atom is -0.455 e. The lowest BCUT2D eigenvalue weighted by Crippen LogP contribution is -2.15. The van der Waals surface area contributed by atoms with Crippen molar-refractivity contribution >= 4 is 40.4 Å². The molecule has 0 saturated heterocycles. The number of allylic oxidation sites excluding steroid dienone is 3. The number of fused-ring (bicyclic) bond motifs is 2. The van der Waals surface area contributed by atoms with Crippen molar-refractivity contribution in [3.63, 3.8) is 0 Å². The summed E-state index contributed by atoms with van der Waals surface area (Å²) in [5.41, 5.74) is 12.1. The Hall–Kier alpha value is -6.13. The minimum absolute atomic E-state index is 0.0886. The van der Waals surface area contributed by atoms with E-state index >= 15 is 0 Å². The van der Waals surface area contributed by atoms with Crippen molar-refractivity contribution in [2.24, 2.45) is 15.0 Å². The molecule has 4 heteroatoms. The molecule has 1 atom stereocenters. The van der Waals surface area contributed by atoms with E-state index in [-0.39, 0.29) is 6.04 Å². The van der Waals surface area contributed by atoms with Crippen LogP contribution in [-0.4, -0.2) is 24.2 Å². The number of benzene rings is 5. The number of hydrogen-bond acceptors (Lipinski definition) is 4. The third-order valence-corrected chi connectivity index (χ3v) is 8.93. The van der Waals surface area contributed by atoms with Gasteiger partial charge in [-0.15, -0.1) is 0 Å². The normalized spacial score (nSPS) is 15.8. The van der Waals surface area contributed by atoms with E-state index in [1.54, 1.807) is 0 Å². The Bertz CT molecular complexity index is 2270. The van der Waals surface area contributed by atoms with E-state index in [4.69, 9.17) is 14.4 Å². The van der Waals surface area contributed by atoms with Crippen LogP contribution in [0.4, 0.5) is 0 Å². The summed E-state index contributed by atoms with van der Waals surface area (Å²) in [5.74, 6) is 0.876. The van der Waals surface area contributed by atoms with Crippen LogP contribution in [-0.2, 0) is 6.54 Å². The standard InChI is InChI=1S/C44H33N3O/c1-45-39(33-18-16-32(17-19-33)31-12-6-3-7-13-31)28-40(46-29-30-10-4-2-5-11-30)34-20-22-35(23-21-34)43-42-38-14-8-9-15-41(38)48-44(42)36-24-26-37(47-43)27-25-36/h2-26,28,37H,1,27,29H2/b39-28-,46-40?,47-43?. The fourth-order valence-corrected chi connectivity index (χ4v) is 6.40. The zero-order valence-electron chi connectivity index (χ0n) is 26.5. The molecule has 3 aliphatic rings. The van der Waals surface area contributed by atoms with Gasteiger partial charge in [0.1, 0.15) is 11.3 Å². The fourth-order valence-electron chi connectivity index (χ4n) is 6.40. The summed E-state index contributed by atoms with van der Waals surface area (Å²) in [6.07, 6.45) is 9.44. The Labute approximate surface area is 280 Å². The second-order valence-electron chi connectivity index (χ2n) is 12.0. The first kappa shape index (κ1) is 29.3. The molecule has 0 amide bonds. The number of aliphatic imine (C=N–C) groups is 3. The lowest BCUT2D eigenvalue weighted by Gasteiger charge is -2.19. The Balaban J connectivity index is 1.18. The summed E-state index contributed by atoms with van der Waals surface area (Å²) in [6.45, 7) is 4.47. The topological polar surface area (TPSA) is 50.2 Å². The number of furan rings is 1. The second kappa shape index (κ2) is 12.9. The highest BCUT2D eigenvalue weighted by atomic mass is 16.3. The minimum atomic E-state index is 0.0886. The molecule has 3 heterocycles. The highest BCUT2D eigenvalue weighted by Crippen LogP contribution is 2.37. The van der Waals surface area contributed by atoms with Crippen LogP contribution >= 0.6 is 0 Å². The van der Waals surface area contributed by atoms with Gasteiger partial charge >= 0.3 is 0 Å². The van der Waals surface area contributed by atoms with Gasteiger partial charge in [-0.1, -0.05) is 146 Å². The molecule has 48 heavy (non-hydrogen) atoms. The molecule has 1 aliphatic carbocycles. The smallest absolute Gasteiger partial charge is 0.144 e. The molecule has 230 valence electrons. The molecule has 5 aromatic carbocycles. The van der Waals surface area contributed by atoms with Gasteiger partial charge in [0.05, 0.1) is 35.3 Å². The fraction of sp³-hybridized carbons (Fsp3) is 0.0682. The first-order valence-electron chi connectivity index (χ1n) is 16.3. The number of rotatable bonds is 8. The Morgan fingerprint density at radius 2 is 1.42 bits per heavy atom. The highest BCUT2D eigenvalue weighted by molar-refractivity contribution is 6.22. The third-order valence-electron chi connectivity index (χ3n) is 8.93. The first-order valence-corrected chi connectivity index (χ1v) is 16.3. The van der Waals surface area contributed by atoms with E-state index in [2.05, 4.69) is 127 Å². The SMILES string of the molecule is C=N/C(=C\C(=NCc1ccccc1)c1ccc(C2=NC3C=CC(=CC3)c3oc4ccccc4c32)cc1)c1ccc(-c2ccccc2)cc1. The summed E-state index contributed by atoms with van der Waals surface area (Å²) in [7, 11) is 0. The molecular formula is C44H33N3O. The number of nitrogens with zero attached hydrogens (tertiary/aromatic N) is 3. The maximum atomic E-state index is 6.43. The predicted octanol–water partition coefficient (Wildman–Crippen LogP) is 10.4. The van der Waals surface area contributed by atoms with Crippen LogP contribution in [0.3, 0.4) is 0 Å². The van der Waals surface area contributed by atoms with Gasteiger partial charge in [-0.25, -0.2) is 0 Å². The van der Waals surface area contributed by atoms with Gasteiger partial charge in [-0.05, 0) is 47.5 Å². The van der Waals surface area contributed by atoms with Crippen LogP contribution in [0.5, 0.6) is 0 Å². The van der Waals surface area contributed by atoms with Crippen molar-refractivity contribution < 1.29 is 4.42 Å². The average Bonchev–Trinajstić information content (AvgIpc) is 3.53. The van der Waals surface area contributed by atoms with Gasteiger partial charge in [0.15, 0.2) is 0 Å². The molecule has 6 aromatic rings. The first-order chi connectivity index (χ1) is 23.7. The average molecular weight is 620 g/mol. The summed E-state index contributed by atoms with van der Waals surface area (Å²) in [5, 5.41) is 1.07. The maximum absolute atomic E-state index is 6.43. The van der Waals surface area contributed by atoms with Gasteiger partial charge in [0.25, 0.3) is 0 Å². The zero-order chi connectivity index (χ0) is 32.3. The summed E-state index contributed by atoms with van der Waals surface area (Å²) < 4.78 is 6.43. The molecule has 2 aliphatic heterocycles. The van der Waals surface area contributed by atoms with E-state index in [0.717, 1.165) is 79.2 Å². The van der Waals surface area contributed by atoms with Crippen molar-refractivity contribution in [2.75, 3.05) is 0 Å².